The first-order chi connectivity index (χ1) is 8.99. The molecule has 1 saturated heterocycles. The van der Waals surface area contributed by atoms with Gasteiger partial charge in [0, 0.05) is 0 Å². The molecule has 0 aromatic carbocycles. The summed E-state index contributed by atoms with van der Waals surface area (Å²) in [5.41, 5.74) is 0. The summed E-state index contributed by atoms with van der Waals surface area (Å²) in [4.78, 5) is 15.8. The van der Waals surface area contributed by atoms with Crippen LogP contribution in [0.2, 0.25) is 0 Å². The monoisotopic (exact) mass is 277 g/mol. The number of piperidine rings is 1. The zero-order valence-electron chi connectivity index (χ0n) is 11.0. The molecule has 9 heteroatoms. The third kappa shape index (κ3) is 6.09. The molecule has 1 heterocycles. The standard InChI is InChI=1S/C10H19N3O6/c1-8(2)19-10(15)17-7-18-11-13(16)12-5-3-9(14)4-6-12/h8-9,14H,3-7H2,1-2H3. The summed E-state index contributed by atoms with van der Waals surface area (Å²) in [6.07, 6.45) is -0.541. The molecule has 0 aromatic heterocycles. The summed E-state index contributed by atoms with van der Waals surface area (Å²) in [5, 5.41) is 25.3. The highest BCUT2D eigenvalue weighted by Gasteiger charge is 2.22. The Bertz CT molecular complexity index is 314. The largest absolute Gasteiger partial charge is 0.569 e. The van der Waals surface area contributed by atoms with E-state index >= 15 is 0 Å². The molecule has 0 atom stereocenters. The van der Waals surface area contributed by atoms with Crippen LogP contribution in [0.4, 0.5) is 4.79 Å². The van der Waals surface area contributed by atoms with Crippen molar-refractivity contribution in [3.05, 3.63) is 5.21 Å². The molecule has 110 valence electrons. The van der Waals surface area contributed by atoms with Gasteiger partial charge in [0.15, 0.2) is 0 Å². The van der Waals surface area contributed by atoms with Crippen LogP contribution in [0.25, 0.3) is 0 Å². The van der Waals surface area contributed by atoms with Crippen LogP contribution in [-0.2, 0) is 14.3 Å². The average Bonchev–Trinajstić information content (AvgIpc) is 2.34. The number of hydrogen-bond acceptors (Lipinski definition) is 7. The number of nitrogens with zero attached hydrogens (tertiary/aromatic N) is 3. The number of ether oxygens (including phenoxy) is 2. The van der Waals surface area contributed by atoms with Crippen molar-refractivity contribution in [2.45, 2.75) is 38.9 Å². The Kier molecular flexibility index (Phi) is 6.13. The van der Waals surface area contributed by atoms with Crippen molar-refractivity contribution < 1.29 is 29.2 Å². The maximum Gasteiger partial charge on any atom is 0.511 e. The van der Waals surface area contributed by atoms with Crippen LogP contribution in [0, 0.1) is 5.21 Å². The van der Waals surface area contributed by atoms with Gasteiger partial charge in [-0.15, -0.1) is 5.01 Å². The topological polar surface area (TPSA) is 107 Å². The van der Waals surface area contributed by atoms with Crippen LogP contribution in [-0.4, -0.2) is 53.3 Å². The van der Waals surface area contributed by atoms with Crippen LogP contribution in [0.1, 0.15) is 26.7 Å². The fourth-order valence-corrected chi connectivity index (χ4v) is 1.45. The highest BCUT2D eigenvalue weighted by atomic mass is 16.8. The molecule has 9 nitrogen and oxygen atoms in total. The SMILES string of the molecule is CC(C)OC(=O)OCON=[N+]([O-])N1CCC(O)CC1. The van der Waals surface area contributed by atoms with Gasteiger partial charge < -0.3 is 24.6 Å². The predicted molar refractivity (Wildman–Crippen MR) is 61.5 cm³/mol. The first kappa shape index (κ1) is 15.3. The normalized spacial score (nSPS) is 17.5. The van der Waals surface area contributed by atoms with Crippen LogP contribution >= 0.6 is 0 Å². The zero-order chi connectivity index (χ0) is 14.3. The molecule has 0 radical (unpaired) electrons. The summed E-state index contributed by atoms with van der Waals surface area (Å²) in [6, 6.07) is 0. The highest BCUT2D eigenvalue weighted by molar-refractivity contribution is 5.59. The summed E-state index contributed by atoms with van der Waals surface area (Å²) >= 11 is 0. The van der Waals surface area contributed by atoms with Gasteiger partial charge in [0.2, 0.25) is 5.28 Å². The van der Waals surface area contributed by atoms with Gasteiger partial charge in [0.1, 0.15) is 0 Å². The fourth-order valence-electron chi connectivity index (χ4n) is 1.45. The van der Waals surface area contributed by atoms with E-state index in [-0.39, 0.29) is 17.2 Å². The molecule has 1 N–H and O–H groups in total. The second-order valence-corrected chi connectivity index (χ2v) is 4.33. The van der Waals surface area contributed by atoms with E-state index in [1.807, 2.05) is 0 Å². The lowest BCUT2D eigenvalue weighted by Crippen LogP contribution is -2.40. The number of rotatable bonds is 5. The zero-order valence-corrected chi connectivity index (χ0v) is 11.0. The molecule has 1 fully saturated rings. The van der Waals surface area contributed by atoms with E-state index in [2.05, 4.69) is 19.6 Å². The van der Waals surface area contributed by atoms with E-state index in [0.29, 0.717) is 25.9 Å². The Morgan fingerprint density at radius 1 is 1.53 bits per heavy atom. The fraction of sp³-hybridized carbons (Fsp3) is 0.900. The third-order valence-electron chi connectivity index (χ3n) is 2.37. The van der Waals surface area contributed by atoms with Crippen LogP contribution in [0.15, 0.2) is 5.28 Å². The minimum atomic E-state index is -0.885. The lowest BCUT2D eigenvalue weighted by atomic mass is 10.1. The molecule has 0 spiro atoms. The first-order valence-corrected chi connectivity index (χ1v) is 6.05. The van der Waals surface area contributed by atoms with Crippen molar-refractivity contribution in [1.29, 1.82) is 0 Å². The minimum Gasteiger partial charge on any atom is -0.569 e. The van der Waals surface area contributed by atoms with Gasteiger partial charge in [-0.3, -0.25) is 0 Å². The molecule has 1 aliphatic rings. The molecule has 0 unspecified atom stereocenters. The van der Waals surface area contributed by atoms with Gasteiger partial charge in [-0.1, -0.05) is 0 Å². The molecule has 1 rings (SSSR count). The molecular formula is C10H19N3O6. The molecule has 0 saturated carbocycles. The predicted octanol–water partition coefficient (Wildman–Crippen LogP) is 0.771. The average molecular weight is 277 g/mol. The van der Waals surface area contributed by atoms with Gasteiger partial charge in [0.05, 0.1) is 30.3 Å². The van der Waals surface area contributed by atoms with E-state index in [9.17, 15) is 15.1 Å². The Morgan fingerprint density at radius 3 is 2.74 bits per heavy atom. The molecule has 1 aliphatic heterocycles. The van der Waals surface area contributed by atoms with Crippen molar-refractivity contribution in [2.75, 3.05) is 19.9 Å². The Hall–Kier alpha value is -1.77. The molecule has 0 aliphatic carbocycles. The Labute approximate surface area is 110 Å². The van der Waals surface area contributed by atoms with Crippen LogP contribution in [0.5, 0.6) is 0 Å². The lowest BCUT2D eigenvalue weighted by Gasteiger charge is -2.24. The number of aliphatic hydroxyl groups is 1. The number of aliphatic hydroxyl groups excluding tert-OH is 1. The summed E-state index contributed by atoms with van der Waals surface area (Å²) in [7, 11) is 0. The lowest BCUT2D eigenvalue weighted by molar-refractivity contribution is -0.714. The van der Waals surface area contributed by atoms with E-state index in [1.54, 1.807) is 13.8 Å². The van der Waals surface area contributed by atoms with Crippen molar-refractivity contribution >= 4 is 6.16 Å². The number of carbonyl (C=O) groups is 1. The van der Waals surface area contributed by atoms with Crippen LogP contribution in [0.3, 0.4) is 0 Å². The first-order valence-electron chi connectivity index (χ1n) is 6.05. The summed E-state index contributed by atoms with van der Waals surface area (Å²) in [5.74, 6) is 0. The third-order valence-corrected chi connectivity index (χ3v) is 2.37. The smallest absolute Gasteiger partial charge is 0.511 e. The van der Waals surface area contributed by atoms with Gasteiger partial charge in [-0.25, -0.2) is 4.79 Å². The number of hydrazine groups is 1. The highest BCUT2D eigenvalue weighted by Crippen LogP contribution is 2.09. The molecular weight excluding hydrogens is 258 g/mol. The maximum atomic E-state index is 11.4. The molecule has 0 aromatic rings. The maximum absolute atomic E-state index is 11.4. The van der Waals surface area contributed by atoms with Gasteiger partial charge in [0.25, 0.3) is 6.79 Å². The van der Waals surface area contributed by atoms with E-state index in [1.165, 1.54) is 5.01 Å². The van der Waals surface area contributed by atoms with E-state index in [4.69, 9.17) is 0 Å². The molecule has 19 heavy (non-hydrogen) atoms. The van der Waals surface area contributed by atoms with Crippen molar-refractivity contribution in [3.63, 3.8) is 0 Å². The number of carbonyl (C=O) groups excluding carboxylic acids is 1. The Morgan fingerprint density at radius 2 is 2.16 bits per heavy atom. The van der Waals surface area contributed by atoms with E-state index < -0.39 is 12.9 Å². The van der Waals surface area contributed by atoms with E-state index in [0.717, 1.165) is 0 Å². The van der Waals surface area contributed by atoms with Gasteiger partial charge >= 0.3 is 6.16 Å². The van der Waals surface area contributed by atoms with Crippen LogP contribution < -0.4 is 0 Å². The molecule has 0 amide bonds. The second-order valence-electron chi connectivity index (χ2n) is 4.33. The second kappa shape index (κ2) is 7.62. The van der Waals surface area contributed by atoms with Crippen molar-refractivity contribution in [3.8, 4) is 0 Å². The summed E-state index contributed by atoms with van der Waals surface area (Å²) in [6.45, 7) is 3.65. The van der Waals surface area contributed by atoms with Gasteiger partial charge in [-0.05, 0) is 26.7 Å². The quantitative estimate of drug-likeness (QED) is 0.197. The van der Waals surface area contributed by atoms with Crippen molar-refractivity contribution in [1.82, 2.24) is 5.01 Å². The van der Waals surface area contributed by atoms with Crippen molar-refractivity contribution in [2.24, 2.45) is 5.28 Å². The molecule has 0 bridgehead atoms. The van der Waals surface area contributed by atoms with Gasteiger partial charge in [-0.2, -0.15) is 0 Å². The Balaban J connectivity index is 2.19. The summed E-state index contributed by atoms with van der Waals surface area (Å²) < 4.78 is 9.18. The minimum absolute atomic E-state index is 0.281. The number of hydrogen-bond donors (Lipinski definition) is 1.